The Labute approximate surface area is 186 Å². The lowest BCUT2D eigenvalue weighted by atomic mass is 9.81. The van der Waals surface area contributed by atoms with E-state index in [2.05, 4.69) is 116 Å². The first kappa shape index (κ1) is 19.8. The minimum absolute atomic E-state index is 0.0275. The highest BCUT2D eigenvalue weighted by molar-refractivity contribution is 5.78. The van der Waals surface area contributed by atoms with E-state index in [0.29, 0.717) is 0 Å². The maximum Gasteiger partial charge on any atom is 0.217 e. The molecule has 0 aliphatic heterocycles. The summed E-state index contributed by atoms with van der Waals surface area (Å²) in [5.74, 6) is 0. The van der Waals surface area contributed by atoms with Gasteiger partial charge in [0.15, 0.2) is 12.2 Å². The number of nitrogens with zero attached hydrogens (tertiary/aromatic N) is 1. The van der Waals surface area contributed by atoms with Gasteiger partial charge in [-0.15, -0.1) is 0 Å². The SMILES string of the molecule is CC(C)(C)c1cc(-c2ccccc2)c2c([n+]1Cc1ccccc1)-c1ccccc1CC2. The molecule has 1 aromatic heterocycles. The fraction of sp³-hybridized carbons (Fsp3) is 0.233. The Hall–Kier alpha value is -3.19. The molecular weight excluding hydrogens is 374 g/mol. The average Bonchev–Trinajstić information content (AvgIpc) is 2.79. The quantitative estimate of drug-likeness (QED) is 0.332. The summed E-state index contributed by atoms with van der Waals surface area (Å²) in [6.07, 6.45) is 2.18. The van der Waals surface area contributed by atoms with Crippen molar-refractivity contribution in [1.29, 1.82) is 0 Å². The van der Waals surface area contributed by atoms with E-state index in [0.717, 1.165) is 19.4 Å². The zero-order valence-corrected chi connectivity index (χ0v) is 18.7. The third-order valence-electron chi connectivity index (χ3n) is 6.41. The summed E-state index contributed by atoms with van der Waals surface area (Å²) in [6.45, 7) is 7.89. The van der Waals surface area contributed by atoms with Gasteiger partial charge in [-0.2, -0.15) is 4.57 Å². The standard InChI is InChI=1S/C30H30N/c1-30(2,3)28-20-27(23-14-8-5-9-15-23)26-19-18-24-16-10-11-17-25(24)29(26)31(28)21-22-12-6-4-7-13-22/h4-17,20H,18-19,21H2,1-3H3/q+1. The van der Waals surface area contributed by atoms with Gasteiger partial charge in [0.2, 0.25) is 5.69 Å². The molecule has 1 heterocycles. The molecule has 154 valence electrons. The zero-order chi connectivity index (χ0) is 21.4. The number of rotatable bonds is 3. The van der Waals surface area contributed by atoms with Crippen molar-refractivity contribution in [2.24, 2.45) is 0 Å². The Morgan fingerprint density at radius 3 is 2.06 bits per heavy atom. The second-order valence-electron chi connectivity index (χ2n) is 9.62. The van der Waals surface area contributed by atoms with Crippen LogP contribution in [0.15, 0.2) is 91.0 Å². The molecule has 1 nitrogen and oxygen atoms in total. The minimum Gasteiger partial charge on any atom is -0.190 e. The van der Waals surface area contributed by atoms with E-state index in [9.17, 15) is 0 Å². The molecule has 1 aliphatic carbocycles. The van der Waals surface area contributed by atoms with E-state index in [-0.39, 0.29) is 5.41 Å². The number of aromatic nitrogens is 1. The minimum atomic E-state index is 0.0275. The Balaban J connectivity index is 1.85. The van der Waals surface area contributed by atoms with Gasteiger partial charge in [0.1, 0.15) is 0 Å². The van der Waals surface area contributed by atoms with Gasteiger partial charge in [-0.1, -0.05) is 99.6 Å². The van der Waals surface area contributed by atoms with Crippen LogP contribution in [0.4, 0.5) is 0 Å². The van der Waals surface area contributed by atoms with E-state index in [1.807, 2.05) is 0 Å². The monoisotopic (exact) mass is 404 g/mol. The second kappa shape index (κ2) is 7.81. The summed E-state index contributed by atoms with van der Waals surface area (Å²) >= 11 is 0. The normalized spacial score (nSPS) is 12.9. The Morgan fingerprint density at radius 1 is 0.710 bits per heavy atom. The van der Waals surface area contributed by atoms with Crippen LogP contribution in [0.2, 0.25) is 0 Å². The lowest BCUT2D eigenvalue weighted by Gasteiger charge is -2.26. The van der Waals surface area contributed by atoms with Crippen LogP contribution in [0.5, 0.6) is 0 Å². The summed E-state index contributed by atoms with van der Waals surface area (Å²) < 4.78 is 2.59. The predicted molar refractivity (Wildman–Crippen MR) is 129 cm³/mol. The van der Waals surface area contributed by atoms with Crippen molar-refractivity contribution in [2.45, 2.75) is 45.6 Å². The molecule has 0 amide bonds. The third kappa shape index (κ3) is 3.70. The van der Waals surface area contributed by atoms with E-state index < -0.39 is 0 Å². The number of hydrogen-bond acceptors (Lipinski definition) is 0. The lowest BCUT2D eigenvalue weighted by Crippen LogP contribution is -2.47. The highest BCUT2D eigenvalue weighted by Crippen LogP contribution is 2.39. The van der Waals surface area contributed by atoms with Crippen molar-refractivity contribution in [2.75, 3.05) is 0 Å². The van der Waals surface area contributed by atoms with Gasteiger partial charge >= 0.3 is 0 Å². The van der Waals surface area contributed by atoms with E-state index in [1.165, 1.54) is 44.8 Å². The average molecular weight is 405 g/mol. The Bertz CT molecular complexity index is 1210. The van der Waals surface area contributed by atoms with Gasteiger partial charge in [0, 0.05) is 28.2 Å². The highest BCUT2D eigenvalue weighted by atomic mass is 15.0. The van der Waals surface area contributed by atoms with Crippen LogP contribution < -0.4 is 4.57 Å². The molecule has 0 saturated heterocycles. The fourth-order valence-corrected chi connectivity index (χ4v) is 4.93. The number of pyridine rings is 1. The maximum atomic E-state index is 2.59. The van der Waals surface area contributed by atoms with Crippen LogP contribution in [-0.2, 0) is 24.8 Å². The Morgan fingerprint density at radius 2 is 1.35 bits per heavy atom. The zero-order valence-electron chi connectivity index (χ0n) is 18.7. The molecule has 0 N–H and O–H groups in total. The van der Waals surface area contributed by atoms with E-state index >= 15 is 0 Å². The number of fused-ring (bicyclic) bond motifs is 3. The van der Waals surface area contributed by atoms with Crippen molar-refractivity contribution in [3.05, 3.63) is 113 Å². The molecule has 4 aromatic rings. The largest absolute Gasteiger partial charge is 0.217 e. The van der Waals surface area contributed by atoms with Gasteiger partial charge in [-0.3, -0.25) is 0 Å². The predicted octanol–water partition coefficient (Wildman–Crippen LogP) is 6.75. The summed E-state index contributed by atoms with van der Waals surface area (Å²) in [5.41, 5.74) is 11.2. The number of hydrogen-bond donors (Lipinski definition) is 0. The molecule has 0 atom stereocenters. The first-order chi connectivity index (χ1) is 15.0. The Kier molecular flexibility index (Phi) is 4.98. The third-order valence-corrected chi connectivity index (χ3v) is 6.41. The van der Waals surface area contributed by atoms with Crippen LogP contribution in [0, 0.1) is 0 Å². The van der Waals surface area contributed by atoms with Gasteiger partial charge < -0.3 is 0 Å². The first-order valence-corrected chi connectivity index (χ1v) is 11.3. The number of benzene rings is 3. The molecule has 0 saturated carbocycles. The van der Waals surface area contributed by atoms with E-state index in [1.54, 1.807) is 0 Å². The maximum absolute atomic E-state index is 2.59. The van der Waals surface area contributed by atoms with E-state index in [4.69, 9.17) is 0 Å². The molecule has 0 fully saturated rings. The summed E-state index contributed by atoms with van der Waals surface area (Å²) in [7, 11) is 0. The van der Waals surface area contributed by atoms with Gasteiger partial charge in [-0.25, -0.2) is 0 Å². The topological polar surface area (TPSA) is 3.88 Å². The lowest BCUT2D eigenvalue weighted by molar-refractivity contribution is -0.688. The molecule has 1 heteroatoms. The van der Waals surface area contributed by atoms with Crippen molar-refractivity contribution >= 4 is 0 Å². The van der Waals surface area contributed by atoms with Gasteiger partial charge in [0.25, 0.3) is 0 Å². The first-order valence-electron chi connectivity index (χ1n) is 11.3. The fourth-order valence-electron chi connectivity index (χ4n) is 4.93. The molecule has 31 heavy (non-hydrogen) atoms. The summed E-state index contributed by atoms with van der Waals surface area (Å²) in [5, 5.41) is 0. The molecule has 0 spiro atoms. The van der Waals surface area contributed by atoms with Crippen molar-refractivity contribution < 1.29 is 4.57 Å². The van der Waals surface area contributed by atoms with Crippen LogP contribution in [0.25, 0.3) is 22.4 Å². The van der Waals surface area contributed by atoms with Crippen LogP contribution >= 0.6 is 0 Å². The molecule has 0 unspecified atom stereocenters. The van der Waals surface area contributed by atoms with Gasteiger partial charge in [-0.05, 0) is 35.6 Å². The number of aryl methyl sites for hydroxylation is 1. The molecule has 0 bridgehead atoms. The summed E-state index contributed by atoms with van der Waals surface area (Å²) in [6, 6.07) is 33.2. The highest BCUT2D eigenvalue weighted by Gasteiger charge is 2.35. The van der Waals surface area contributed by atoms with Crippen molar-refractivity contribution in [3.8, 4) is 22.4 Å². The van der Waals surface area contributed by atoms with Crippen LogP contribution in [0.1, 0.15) is 43.2 Å². The van der Waals surface area contributed by atoms with Crippen molar-refractivity contribution in [1.82, 2.24) is 0 Å². The molecule has 0 radical (unpaired) electrons. The smallest absolute Gasteiger partial charge is 0.190 e. The summed E-state index contributed by atoms with van der Waals surface area (Å²) in [4.78, 5) is 0. The van der Waals surface area contributed by atoms with Gasteiger partial charge in [0.05, 0.1) is 0 Å². The molecule has 3 aromatic carbocycles. The molecule has 5 rings (SSSR count). The van der Waals surface area contributed by atoms with Crippen LogP contribution in [-0.4, -0.2) is 0 Å². The second-order valence-corrected chi connectivity index (χ2v) is 9.62. The molecule has 1 aliphatic rings. The van der Waals surface area contributed by atoms with Crippen molar-refractivity contribution in [3.63, 3.8) is 0 Å². The molecular formula is C30H30N+. The van der Waals surface area contributed by atoms with Crippen LogP contribution in [0.3, 0.4) is 0 Å².